The number of hydrogen-bond donors (Lipinski definition) is 3. The predicted molar refractivity (Wildman–Crippen MR) is 89.1 cm³/mol. The molecular formula is C18H24N2O3. The van der Waals surface area contributed by atoms with Gasteiger partial charge in [0.05, 0.1) is 6.10 Å². The topological polar surface area (TPSA) is 72.8 Å². The van der Waals surface area contributed by atoms with Crippen molar-refractivity contribution in [3.05, 3.63) is 35.9 Å². The number of phenolic OH excluding ortho intramolecular Hbond substituents is 1. The van der Waals surface area contributed by atoms with Crippen molar-refractivity contribution in [1.29, 1.82) is 0 Å². The maximum atomic E-state index is 12.3. The number of aliphatic hydroxyl groups is 1. The number of urea groups is 1. The molecule has 0 bridgehead atoms. The Kier molecular flexibility index (Phi) is 4.86. The third-order valence-corrected chi connectivity index (χ3v) is 4.76. The van der Waals surface area contributed by atoms with E-state index in [1.807, 2.05) is 17.0 Å². The summed E-state index contributed by atoms with van der Waals surface area (Å²) in [5.41, 5.74) is 2.32. The summed E-state index contributed by atoms with van der Waals surface area (Å²) in [6.45, 7) is 1.31. The lowest BCUT2D eigenvalue weighted by atomic mass is 9.93. The molecule has 3 rings (SSSR count). The molecule has 0 aromatic heterocycles. The summed E-state index contributed by atoms with van der Waals surface area (Å²) >= 11 is 0. The van der Waals surface area contributed by atoms with Crippen molar-refractivity contribution in [1.82, 2.24) is 10.2 Å². The lowest BCUT2D eigenvalue weighted by Crippen LogP contribution is -2.47. The SMILES string of the molecule is O=C(NC1CCC(O)CC1)N1CC=C(c2ccc(O)cc2)CC1. The molecule has 1 heterocycles. The van der Waals surface area contributed by atoms with Crippen LogP contribution in [-0.2, 0) is 0 Å². The second-order valence-corrected chi connectivity index (χ2v) is 6.43. The van der Waals surface area contributed by atoms with E-state index in [1.54, 1.807) is 12.1 Å². The third-order valence-electron chi connectivity index (χ3n) is 4.76. The van der Waals surface area contributed by atoms with Crippen molar-refractivity contribution in [2.24, 2.45) is 0 Å². The molecule has 1 aromatic carbocycles. The van der Waals surface area contributed by atoms with Crippen LogP contribution in [0.2, 0.25) is 0 Å². The minimum Gasteiger partial charge on any atom is -0.508 e. The molecule has 2 aliphatic rings. The molecule has 5 nitrogen and oxygen atoms in total. The lowest BCUT2D eigenvalue weighted by molar-refractivity contribution is 0.115. The van der Waals surface area contributed by atoms with Crippen LogP contribution in [-0.4, -0.2) is 46.4 Å². The van der Waals surface area contributed by atoms with Crippen molar-refractivity contribution in [3.8, 4) is 5.75 Å². The largest absolute Gasteiger partial charge is 0.508 e. The van der Waals surface area contributed by atoms with Crippen LogP contribution in [0.3, 0.4) is 0 Å². The van der Waals surface area contributed by atoms with Crippen LogP contribution in [0.4, 0.5) is 4.79 Å². The summed E-state index contributed by atoms with van der Waals surface area (Å²) in [6, 6.07) is 7.37. The van der Waals surface area contributed by atoms with Crippen molar-refractivity contribution >= 4 is 11.6 Å². The predicted octanol–water partition coefficient (Wildman–Crippen LogP) is 2.49. The first-order valence-electron chi connectivity index (χ1n) is 8.34. The standard InChI is InChI=1S/C18H24N2O3/c21-16-5-1-13(2-6-16)14-9-11-20(12-10-14)18(23)19-15-3-7-17(22)8-4-15/h1-2,5-6,9,15,17,21-22H,3-4,7-8,10-12H2,(H,19,23). The highest BCUT2D eigenvalue weighted by Crippen LogP contribution is 2.24. The van der Waals surface area contributed by atoms with E-state index in [1.165, 1.54) is 5.57 Å². The minimum atomic E-state index is -0.200. The van der Waals surface area contributed by atoms with Crippen LogP contribution < -0.4 is 5.32 Å². The molecule has 1 saturated carbocycles. The summed E-state index contributed by atoms with van der Waals surface area (Å²) in [5, 5.41) is 21.9. The first kappa shape index (κ1) is 15.9. The molecule has 5 heteroatoms. The zero-order valence-corrected chi connectivity index (χ0v) is 13.2. The Labute approximate surface area is 136 Å². The number of carbonyl (C=O) groups is 1. The average Bonchev–Trinajstić information content (AvgIpc) is 2.58. The Bertz CT molecular complexity index is 574. The van der Waals surface area contributed by atoms with Crippen LogP contribution in [0.1, 0.15) is 37.7 Å². The molecule has 1 fully saturated rings. The van der Waals surface area contributed by atoms with Gasteiger partial charge in [-0.1, -0.05) is 18.2 Å². The van der Waals surface area contributed by atoms with E-state index in [0.29, 0.717) is 13.1 Å². The van der Waals surface area contributed by atoms with E-state index >= 15 is 0 Å². The van der Waals surface area contributed by atoms with Gasteiger partial charge in [0, 0.05) is 19.1 Å². The zero-order valence-electron chi connectivity index (χ0n) is 13.2. The zero-order chi connectivity index (χ0) is 16.2. The number of amides is 2. The average molecular weight is 316 g/mol. The first-order chi connectivity index (χ1) is 11.1. The highest BCUT2D eigenvalue weighted by Gasteiger charge is 2.24. The van der Waals surface area contributed by atoms with E-state index in [-0.39, 0.29) is 23.9 Å². The third kappa shape index (κ3) is 4.05. The van der Waals surface area contributed by atoms with Gasteiger partial charge in [-0.2, -0.15) is 0 Å². The van der Waals surface area contributed by atoms with Gasteiger partial charge in [-0.25, -0.2) is 4.79 Å². The summed E-state index contributed by atoms with van der Waals surface area (Å²) < 4.78 is 0. The van der Waals surface area contributed by atoms with Crippen LogP contribution in [0, 0.1) is 0 Å². The van der Waals surface area contributed by atoms with Gasteiger partial charge in [0.2, 0.25) is 0 Å². The molecule has 124 valence electrons. The fraction of sp³-hybridized carbons (Fsp3) is 0.500. The summed E-state index contributed by atoms with van der Waals surface area (Å²) in [6.07, 6.45) is 5.96. The summed E-state index contributed by atoms with van der Waals surface area (Å²) in [4.78, 5) is 14.2. The Balaban J connectivity index is 1.53. The smallest absolute Gasteiger partial charge is 0.317 e. The van der Waals surface area contributed by atoms with Crippen molar-refractivity contribution in [2.75, 3.05) is 13.1 Å². The van der Waals surface area contributed by atoms with Crippen molar-refractivity contribution in [2.45, 2.75) is 44.2 Å². The fourth-order valence-corrected chi connectivity index (χ4v) is 3.28. The fourth-order valence-electron chi connectivity index (χ4n) is 3.28. The quantitative estimate of drug-likeness (QED) is 0.785. The van der Waals surface area contributed by atoms with Gasteiger partial charge < -0.3 is 20.4 Å². The Morgan fingerprint density at radius 2 is 1.83 bits per heavy atom. The molecule has 1 aliphatic heterocycles. The van der Waals surface area contributed by atoms with Gasteiger partial charge in [-0.15, -0.1) is 0 Å². The van der Waals surface area contributed by atoms with Crippen LogP contribution in [0.5, 0.6) is 5.75 Å². The van der Waals surface area contributed by atoms with Gasteiger partial charge in [-0.05, 0) is 55.4 Å². The molecule has 23 heavy (non-hydrogen) atoms. The van der Waals surface area contributed by atoms with E-state index < -0.39 is 0 Å². The number of rotatable bonds is 2. The molecule has 2 amide bonds. The molecule has 0 radical (unpaired) electrons. The molecule has 0 saturated heterocycles. The summed E-state index contributed by atoms with van der Waals surface area (Å²) in [7, 11) is 0. The second kappa shape index (κ2) is 7.04. The number of phenols is 1. The highest BCUT2D eigenvalue weighted by atomic mass is 16.3. The number of nitrogens with one attached hydrogen (secondary N) is 1. The number of hydrogen-bond acceptors (Lipinski definition) is 3. The van der Waals surface area contributed by atoms with Gasteiger partial charge >= 0.3 is 6.03 Å². The van der Waals surface area contributed by atoms with Gasteiger partial charge in [0.25, 0.3) is 0 Å². The molecule has 0 spiro atoms. The maximum Gasteiger partial charge on any atom is 0.317 e. The van der Waals surface area contributed by atoms with Crippen molar-refractivity contribution < 1.29 is 15.0 Å². The number of aliphatic hydroxyl groups excluding tert-OH is 1. The van der Waals surface area contributed by atoms with Crippen LogP contribution >= 0.6 is 0 Å². The number of nitrogens with zero attached hydrogens (tertiary/aromatic N) is 1. The molecule has 1 aromatic rings. The van der Waals surface area contributed by atoms with Crippen molar-refractivity contribution in [3.63, 3.8) is 0 Å². The molecule has 1 aliphatic carbocycles. The van der Waals surface area contributed by atoms with E-state index in [2.05, 4.69) is 11.4 Å². The van der Waals surface area contributed by atoms with E-state index in [4.69, 9.17) is 0 Å². The molecular weight excluding hydrogens is 292 g/mol. The normalized spacial score (nSPS) is 24.9. The molecule has 0 atom stereocenters. The monoisotopic (exact) mass is 316 g/mol. The second-order valence-electron chi connectivity index (χ2n) is 6.43. The first-order valence-corrected chi connectivity index (χ1v) is 8.34. The number of carbonyl (C=O) groups excluding carboxylic acids is 1. The number of aromatic hydroxyl groups is 1. The highest BCUT2D eigenvalue weighted by molar-refractivity contribution is 5.77. The Hall–Kier alpha value is -2.01. The van der Waals surface area contributed by atoms with Gasteiger partial charge in [-0.3, -0.25) is 0 Å². The van der Waals surface area contributed by atoms with Crippen LogP contribution in [0.15, 0.2) is 30.3 Å². The van der Waals surface area contributed by atoms with Crippen LogP contribution in [0.25, 0.3) is 5.57 Å². The molecule has 3 N–H and O–H groups in total. The minimum absolute atomic E-state index is 0.00704. The maximum absolute atomic E-state index is 12.3. The van der Waals surface area contributed by atoms with E-state index in [9.17, 15) is 15.0 Å². The van der Waals surface area contributed by atoms with Gasteiger partial charge in [0.1, 0.15) is 5.75 Å². The van der Waals surface area contributed by atoms with Gasteiger partial charge in [0.15, 0.2) is 0 Å². The lowest BCUT2D eigenvalue weighted by Gasteiger charge is -2.31. The summed E-state index contributed by atoms with van der Waals surface area (Å²) in [5.74, 6) is 0.267. The molecule has 0 unspecified atom stereocenters. The Morgan fingerprint density at radius 3 is 2.43 bits per heavy atom. The Morgan fingerprint density at radius 1 is 1.13 bits per heavy atom. The number of benzene rings is 1. The van der Waals surface area contributed by atoms with E-state index in [0.717, 1.165) is 37.7 Å².